The molecule has 0 atom stereocenters. The van der Waals surface area contributed by atoms with Gasteiger partial charge in [0.1, 0.15) is 0 Å². The zero-order valence-corrected chi connectivity index (χ0v) is 13.8. The number of hydrogen-bond donors (Lipinski definition) is 0. The predicted molar refractivity (Wildman–Crippen MR) is 91.2 cm³/mol. The molecule has 1 amide bonds. The number of carbonyl (C=O) groups excluding carboxylic acids is 1. The van der Waals surface area contributed by atoms with Gasteiger partial charge in [0, 0.05) is 37.8 Å². The molecule has 2 heterocycles. The van der Waals surface area contributed by atoms with E-state index in [9.17, 15) is 4.79 Å². The third kappa shape index (κ3) is 3.63. The van der Waals surface area contributed by atoms with Crippen LogP contribution >= 0.6 is 0 Å². The van der Waals surface area contributed by atoms with Gasteiger partial charge in [-0.2, -0.15) is 0 Å². The summed E-state index contributed by atoms with van der Waals surface area (Å²) < 4.78 is 0. The topological polar surface area (TPSA) is 23.6 Å². The maximum atomic E-state index is 12.7. The highest BCUT2D eigenvalue weighted by Crippen LogP contribution is 2.25. The van der Waals surface area contributed by atoms with Crippen molar-refractivity contribution < 1.29 is 4.79 Å². The van der Waals surface area contributed by atoms with Crippen LogP contribution in [0.25, 0.3) is 0 Å². The number of benzene rings is 1. The van der Waals surface area contributed by atoms with E-state index in [-0.39, 0.29) is 5.92 Å². The van der Waals surface area contributed by atoms with Gasteiger partial charge >= 0.3 is 0 Å². The fourth-order valence-electron chi connectivity index (χ4n) is 3.69. The first-order chi connectivity index (χ1) is 10.7. The molecule has 1 aromatic rings. The molecular formula is C19H28N2O. The average molecular weight is 300 g/mol. The minimum Gasteiger partial charge on any atom is -0.371 e. The molecule has 22 heavy (non-hydrogen) atoms. The molecule has 0 radical (unpaired) electrons. The van der Waals surface area contributed by atoms with E-state index in [0.29, 0.717) is 5.91 Å². The summed E-state index contributed by atoms with van der Waals surface area (Å²) >= 11 is 0. The van der Waals surface area contributed by atoms with Gasteiger partial charge in [-0.3, -0.25) is 4.79 Å². The van der Waals surface area contributed by atoms with E-state index in [1.807, 2.05) is 0 Å². The Morgan fingerprint density at radius 1 is 0.909 bits per heavy atom. The number of piperidine rings is 1. The summed E-state index contributed by atoms with van der Waals surface area (Å²) in [7, 11) is 0. The lowest BCUT2D eigenvalue weighted by molar-refractivity contribution is -0.136. The monoisotopic (exact) mass is 300 g/mol. The molecule has 120 valence electrons. The van der Waals surface area contributed by atoms with Crippen LogP contribution in [0.5, 0.6) is 0 Å². The van der Waals surface area contributed by atoms with Crippen molar-refractivity contribution in [3.8, 4) is 0 Å². The van der Waals surface area contributed by atoms with Crippen LogP contribution in [0, 0.1) is 12.8 Å². The van der Waals surface area contributed by atoms with E-state index >= 15 is 0 Å². The summed E-state index contributed by atoms with van der Waals surface area (Å²) in [5, 5.41) is 0. The molecule has 0 unspecified atom stereocenters. The van der Waals surface area contributed by atoms with Crippen LogP contribution in [0.1, 0.15) is 44.1 Å². The maximum absolute atomic E-state index is 12.7. The second-order valence-electron chi connectivity index (χ2n) is 6.84. The van der Waals surface area contributed by atoms with Gasteiger partial charge < -0.3 is 9.80 Å². The van der Waals surface area contributed by atoms with Gasteiger partial charge in [-0.15, -0.1) is 0 Å². The molecular weight excluding hydrogens is 272 g/mol. The van der Waals surface area contributed by atoms with Crippen LogP contribution in [-0.2, 0) is 4.79 Å². The third-order valence-corrected chi connectivity index (χ3v) is 5.16. The molecule has 3 rings (SSSR count). The summed E-state index contributed by atoms with van der Waals surface area (Å²) in [4.78, 5) is 17.3. The van der Waals surface area contributed by atoms with E-state index in [1.54, 1.807) is 0 Å². The summed E-state index contributed by atoms with van der Waals surface area (Å²) in [5.74, 6) is 0.672. The lowest BCUT2D eigenvalue weighted by Gasteiger charge is -2.35. The van der Waals surface area contributed by atoms with E-state index in [0.717, 1.165) is 39.0 Å². The Morgan fingerprint density at radius 2 is 1.50 bits per heavy atom. The maximum Gasteiger partial charge on any atom is 0.225 e. The van der Waals surface area contributed by atoms with Gasteiger partial charge in [-0.1, -0.05) is 30.5 Å². The molecule has 3 nitrogen and oxygen atoms in total. The zero-order chi connectivity index (χ0) is 15.4. The second kappa shape index (κ2) is 7.17. The fourth-order valence-corrected chi connectivity index (χ4v) is 3.69. The first kappa shape index (κ1) is 15.4. The molecule has 0 aliphatic carbocycles. The number of carbonyl (C=O) groups is 1. The standard InChI is InChI=1S/C19H28N2O/c1-16-6-8-18(9-7-16)20-14-10-17(11-15-20)19(22)21-12-4-2-3-5-13-21/h6-9,17H,2-5,10-15H2,1H3. The highest BCUT2D eigenvalue weighted by atomic mass is 16.2. The lowest BCUT2D eigenvalue weighted by Crippen LogP contribution is -2.43. The molecule has 2 saturated heterocycles. The number of hydrogen-bond acceptors (Lipinski definition) is 2. The number of likely N-dealkylation sites (tertiary alicyclic amines) is 1. The minimum atomic E-state index is 0.250. The Morgan fingerprint density at radius 3 is 2.09 bits per heavy atom. The van der Waals surface area contributed by atoms with Crippen molar-refractivity contribution in [3.05, 3.63) is 29.8 Å². The normalized spacial score (nSPS) is 20.8. The number of amides is 1. The zero-order valence-electron chi connectivity index (χ0n) is 13.8. The molecule has 2 fully saturated rings. The van der Waals surface area contributed by atoms with Crippen LogP contribution in [-0.4, -0.2) is 37.0 Å². The molecule has 0 N–H and O–H groups in total. The Bertz CT molecular complexity index is 481. The third-order valence-electron chi connectivity index (χ3n) is 5.16. The average Bonchev–Trinajstić information content (AvgIpc) is 2.84. The van der Waals surface area contributed by atoms with Gasteiger partial charge in [-0.25, -0.2) is 0 Å². The van der Waals surface area contributed by atoms with Gasteiger partial charge in [0.05, 0.1) is 0 Å². The van der Waals surface area contributed by atoms with Crippen LogP contribution in [0.2, 0.25) is 0 Å². The number of aryl methyl sites for hydroxylation is 1. The van der Waals surface area contributed by atoms with Crippen molar-refractivity contribution >= 4 is 11.6 Å². The first-order valence-electron chi connectivity index (χ1n) is 8.84. The molecule has 0 aromatic heterocycles. The smallest absolute Gasteiger partial charge is 0.225 e. The summed E-state index contributed by atoms with van der Waals surface area (Å²) in [6, 6.07) is 8.74. The van der Waals surface area contributed by atoms with E-state index in [2.05, 4.69) is 41.0 Å². The van der Waals surface area contributed by atoms with Crippen LogP contribution in [0.15, 0.2) is 24.3 Å². The molecule has 1 aromatic carbocycles. The van der Waals surface area contributed by atoms with E-state index in [4.69, 9.17) is 0 Å². The second-order valence-corrected chi connectivity index (χ2v) is 6.84. The quantitative estimate of drug-likeness (QED) is 0.833. The van der Waals surface area contributed by atoms with Crippen molar-refractivity contribution in [2.24, 2.45) is 5.92 Å². The summed E-state index contributed by atoms with van der Waals surface area (Å²) in [6.45, 7) is 6.10. The highest BCUT2D eigenvalue weighted by Gasteiger charge is 2.28. The van der Waals surface area contributed by atoms with Crippen molar-refractivity contribution in [2.75, 3.05) is 31.1 Å². The summed E-state index contributed by atoms with van der Waals surface area (Å²) in [5.41, 5.74) is 2.60. The van der Waals surface area contributed by atoms with Crippen molar-refractivity contribution in [1.82, 2.24) is 4.90 Å². The Labute approximate surface area is 134 Å². The molecule has 2 aliphatic rings. The van der Waals surface area contributed by atoms with Gasteiger partial charge in [0.25, 0.3) is 0 Å². The minimum absolute atomic E-state index is 0.250. The first-order valence-corrected chi connectivity index (χ1v) is 8.84. The lowest BCUT2D eigenvalue weighted by atomic mass is 9.94. The Kier molecular flexibility index (Phi) is 5.01. The van der Waals surface area contributed by atoms with Crippen LogP contribution in [0.4, 0.5) is 5.69 Å². The largest absolute Gasteiger partial charge is 0.371 e. The predicted octanol–water partition coefficient (Wildman–Crippen LogP) is 3.61. The highest BCUT2D eigenvalue weighted by molar-refractivity contribution is 5.79. The summed E-state index contributed by atoms with van der Waals surface area (Å²) in [6.07, 6.45) is 6.96. The van der Waals surface area contributed by atoms with E-state index < -0.39 is 0 Å². The number of anilines is 1. The van der Waals surface area contributed by atoms with Gasteiger partial charge in [0.2, 0.25) is 5.91 Å². The van der Waals surface area contributed by atoms with E-state index in [1.165, 1.54) is 36.9 Å². The van der Waals surface area contributed by atoms with Crippen molar-refractivity contribution in [3.63, 3.8) is 0 Å². The number of rotatable bonds is 2. The van der Waals surface area contributed by atoms with Gasteiger partial charge in [0.15, 0.2) is 0 Å². The Hall–Kier alpha value is -1.51. The van der Waals surface area contributed by atoms with Gasteiger partial charge in [-0.05, 0) is 44.7 Å². The number of nitrogens with zero attached hydrogens (tertiary/aromatic N) is 2. The van der Waals surface area contributed by atoms with Crippen molar-refractivity contribution in [1.29, 1.82) is 0 Å². The van der Waals surface area contributed by atoms with Crippen LogP contribution < -0.4 is 4.90 Å². The molecule has 0 saturated carbocycles. The fraction of sp³-hybridized carbons (Fsp3) is 0.632. The van der Waals surface area contributed by atoms with Crippen molar-refractivity contribution in [2.45, 2.75) is 45.4 Å². The SMILES string of the molecule is Cc1ccc(N2CCC(C(=O)N3CCCCCC3)CC2)cc1. The molecule has 3 heteroatoms. The molecule has 0 spiro atoms. The Balaban J connectivity index is 1.54. The molecule has 0 bridgehead atoms. The molecule has 2 aliphatic heterocycles. The van der Waals surface area contributed by atoms with Crippen LogP contribution in [0.3, 0.4) is 0 Å².